The van der Waals surface area contributed by atoms with Crippen molar-refractivity contribution in [2.75, 3.05) is 11.9 Å². The number of rotatable bonds is 6. The van der Waals surface area contributed by atoms with E-state index in [0.29, 0.717) is 35.8 Å². The van der Waals surface area contributed by atoms with Gasteiger partial charge in [0, 0.05) is 24.4 Å². The number of pyridine rings is 2. The van der Waals surface area contributed by atoms with E-state index in [0.717, 1.165) is 6.07 Å². The Morgan fingerprint density at radius 3 is 2.76 bits per heavy atom. The summed E-state index contributed by atoms with van der Waals surface area (Å²) in [6, 6.07) is 5.49. The van der Waals surface area contributed by atoms with E-state index in [2.05, 4.69) is 15.3 Å². The second kappa shape index (κ2) is 8.28. The van der Waals surface area contributed by atoms with Gasteiger partial charge >= 0.3 is 0 Å². The monoisotopic (exact) mass is 426 g/mol. The van der Waals surface area contributed by atoms with Crippen LogP contribution in [0, 0.1) is 0 Å². The van der Waals surface area contributed by atoms with Crippen LogP contribution >= 0.6 is 12.4 Å². The lowest BCUT2D eigenvalue weighted by Crippen LogP contribution is -2.16. The third-order valence-electron chi connectivity index (χ3n) is 4.44. The first-order chi connectivity index (χ1) is 13.5. The van der Waals surface area contributed by atoms with Gasteiger partial charge in [-0.15, -0.1) is 12.4 Å². The number of fused-ring (bicyclic) bond motifs is 1. The van der Waals surface area contributed by atoms with Gasteiger partial charge in [-0.25, -0.2) is 23.1 Å². The summed E-state index contributed by atoms with van der Waals surface area (Å²) in [5.74, 6) is -0.470. The van der Waals surface area contributed by atoms with E-state index >= 15 is 0 Å². The molecule has 1 fully saturated rings. The Morgan fingerprint density at radius 1 is 1.34 bits per heavy atom. The molecule has 1 aliphatic carbocycles. The molecule has 4 rings (SSSR count). The Morgan fingerprint density at radius 2 is 2.10 bits per heavy atom. The number of amides is 1. The fourth-order valence-corrected chi connectivity index (χ4v) is 2.94. The molecule has 0 saturated heterocycles. The second-order valence-electron chi connectivity index (χ2n) is 6.48. The minimum absolute atomic E-state index is 0. The van der Waals surface area contributed by atoms with Crippen molar-refractivity contribution >= 4 is 29.6 Å². The third-order valence-corrected chi connectivity index (χ3v) is 4.44. The number of carbonyl (C=O) groups is 1. The average Bonchev–Trinajstić information content (AvgIpc) is 3.26. The van der Waals surface area contributed by atoms with Gasteiger partial charge in [0.15, 0.2) is 0 Å². The van der Waals surface area contributed by atoms with Gasteiger partial charge in [0.25, 0.3) is 12.3 Å². The van der Waals surface area contributed by atoms with Crippen molar-refractivity contribution in [1.29, 1.82) is 0 Å². The van der Waals surface area contributed by atoms with Crippen molar-refractivity contribution < 1.29 is 22.7 Å². The van der Waals surface area contributed by atoms with Crippen molar-refractivity contribution in [2.24, 2.45) is 0 Å². The summed E-state index contributed by atoms with van der Waals surface area (Å²) < 4.78 is 46.2. The molecule has 29 heavy (non-hydrogen) atoms. The van der Waals surface area contributed by atoms with E-state index in [1.807, 2.05) is 0 Å². The molecule has 0 aliphatic heterocycles. The van der Waals surface area contributed by atoms with Crippen molar-refractivity contribution in [3.63, 3.8) is 0 Å². The summed E-state index contributed by atoms with van der Waals surface area (Å²) in [4.78, 5) is 20.6. The van der Waals surface area contributed by atoms with E-state index in [9.17, 15) is 18.0 Å². The number of ether oxygens (including phenoxy) is 1. The molecule has 3 heterocycles. The molecule has 0 bridgehead atoms. The lowest BCUT2D eigenvalue weighted by atomic mass is 10.2. The van der Waals surface area contributed by atoms with Gasteiger partial charge in [0.05, 0.1) is 12.3 Å². The fourth-order valence-electron chi connectivity index (χ4n) is 2.94. The van der Waals surface area contributed by atoms with Crippen molar-refractivity contribution in [3.8, 4) is 5.75 Å². The molecule has 3 aromatic heterocycles. The van der Waals surface area contributed by atoms with Crippen LogP contribution < -0.4 is 10.1 Å². The lowest BCUT2D eigenvalue weighted by Gasteiger charge is -2.12. The molecule has 0 radical (unpaired) electrons. The number of imidazole rings is 1. The summed E-state index contributed by atoms with van der Waals surface area (Å²) in [6.07, 6.45) is 0.123. The van der Waals surface area contributed by atoms with Gasteiger partial charge in [-0.2, -0.15) is 0 Å². The summed E-state index contributed by atoms with van der Waals surface area (Å²) in [5.41, 5.74) is 0.931. The standard InChI is InChI=1S/C19H17F3N4O2.ClH/c1-2-28-16-7-17-24-14(10-6-11(10)20)8-26(17)9-15(16)25-19(27)13-5-3-4-12(23-13)18(21)22;/h3-5,7-11,18H,2,6H2,1H3,(H,25,27);1H. The number of halogens is 4. The number of aromatic nitrogens is 3. The molecule has 2 atom stereocenters. The van der Waals surface area contributed by atoms with Crippen molar-refractivity contribution in [3.05, 3.63) is 53.7 Å². The van der Waals surface area contributed by atoms with Crippen LogP contribution in [-0.4, -0.2) is 33.1 Å². The molecule has 0 aromatic carbocycles. The number of nitrogens with zero attached hydrogens (tertiary/aromatic N) is 3. The average molecular weight is 427 g/mol. The largest absolute Gasteiger partial charge is 0.491 e. The van der Waals surface area contributed by atoms with E-state index in [1.54, 1.807) is 29.8 Å². The van der Waals surface area contributed by atoms with Crippen molar-refractivity contribution in [1.82, 2.24) is 14.4 Å². The van der Waals surface area contributed by atoms with Crippen LogP contribution in [0.4, 0.5) is 18.9 Å². The number of carbonyl (C=O) groups excluding carboxylic acids is 1. The predicted molar refractivity (Wildman–Crippen MR) is 103 cm³/mol. The first kappa shape index (κ1) is 20.9. The summed E-state index contributed by atoms with van der Waals surface area (Å²) in [6.45, 7) is 2.14. The zero-order valence-corrected chi connectivity index (χ0v) is 16.1. The lowest BCUT2D eigenvalue weighted by molar-refractivity contribution is 0.101. The normalized spacial score (nSPS) is 17.8. The molecule has 2 unspecified atom stereocenters. The molecule has 0 spiro atoms. The Labute approximate surface area is 170 Å². The van der Waals surface area contributed by atoms with Gasteiger partial charge in [-0.05, 0) is 25.5 Å². The zero-order chi connectivity index (χ0) is 19.8. The smallest absolute Gasteiger partial charge is 0.280 e. The highest BCUT2D eigenvalue weighted by Gasteiger charge is 2.40. The number of hydrogen-bond donors (Lipinski definition) is 1. The molecule has 1 amide bonds. The van der Waals surface area contributed by atoms with Crippen LogP contribution in [0.1, 0.15) is 47.6 Å². The highest BCUT2D eigenvalue weighted by Crippen LogP contribution is 2.43. The summed E-state index contributed by atoms with van der Waals surface area (Å²) >= 11 is 0. The molecule has 1 saturated carbocycles. The zero-order valence-electron chi connectivity index (χ0n) is 15.3. The quantitative estimate of drug-likeness (QED) is 0.627. The number of hydrogen-bond acceptors (Lipinski definition) is 4. The van der Waals surface area contributed by atoms with Gasteiger partial charge in [-0.1, -0.05) is 6.07 Å². The SMILES string of the molecule is CCOc1cc2nc(C3CC3F)cn2cc1NC(=O)c1cccc(C(F)F)n1.Cl. The van der Waals surface area contributed by atoms with Gasteiger partial charge in [0.2, 0.25) is 0 Å². The minimum atomic E-state index is -2.77. The number of nitrogens with one attached hydrogen (secondary N) is 1. The number of anilines is 1. The molecule has 1 N–H and O–H groups in total. The van der Waals surface area contributed by atoms with E-state index in [-0.39, 0.29) is 24.0 Å². The minimum Gasteiger partial charge on any atom is -0.491 e. The Balaban J connectivity index is 0.00000240. The molecule has 154 valence electrons. The van der Waals surface area contributed by atoms with Crippen LogP contribution in [0.15, 0.2) is 36.7 Å². The highest BCUT2D eigenvalue weighted by atomic mass is 35.5. The molecular weight excluding hydrogens is 409 g/mol. The summed E-state index contributed by atoms with van der Waals surface area (Å²) in [7, 11) is 0. The maximum atomic E-state index is 13.3. The van der Waals surface area contributed by atoms with Gasteiger partial charge < -0.3 is 14.5 Å². The van der Waals surface area contributed by atoms with E-state index < -0.39 is 24.2 Å². The molecule has 6 nitrogen and oxygen atoms in total. The molecule has 3 aromatic rings. The first-order valence-corrected chi connectivity index (χ1v) is 8.82. The van der Waals surface area contributed by atoms with Crippen LogP contribution in [-0.2, 0) is 0 Å². The van der Waals surface area contributed by atoms with Crippen LogP contribution in [0.3, 0.4) is 0 Å². The Bertz CT molecular complexity index is 1040. The van der Waals surface area contributed by atoms with Crippen LogP contribution in [0.25, 0.3) is 5.65 Å². The van der Waals surface area contributed by atoms with Crippen LogP contribution in [0.2, 0.25) is 0 Å². The van der Waals surface area contributed by atoms with Gasteiger partial charge in [0.1, 0.15) is 34.6 Å². The predicted octanol–water partition coefficient (Wildman–Crippen LogP) is 4.57. The van der Waals surface area contributed by atoms with Gasteiger partial charge in [-0.3, -0.25) is 4.79 Å². The Kier molecular flexibility index (Phi) is 5.97. The fraction of sp³-hybridized carbons (Fsp3) is 0.316. The molecule has 10 heteroatoms. The maximum Gasteiger partial charge on any atom is 0.280 e. The van der Waals surface area contributed by atoms with E-state index in [4.69, 9.17) is 4.74 Å². The maximum absolute atomic E-state index is 13.3. The highest BCUT2D eigenvalue weighted by molar-refractivity contribution is 6.03. The topological polar surface area (TPSA) is 68.5 Å². The third kappa shape index (κ3) is 4.29. The first-order valence-electron chi connectivity index (χ1n) is 8.82. The van der Waals surface area contributed by atoms with Crippen molar-refractivity contribution in [2.45, 2.75) is 31.9 Å². The second-order valence-corrected chi connectivity index (χ2v) is 6.48. The number of alkyl halides is 3. The molecule has 1 aliphatic rings. The Hall–Kier alpha value is -2.81. The molecular formula is C19H18ClF3N4O2. The van der Waals surface area contributed by atoms with Crippen LogP contribution in [0.5, 0.6) is 5.75 Å². The van der Waals surface area contributed by atoms with E-state index in [1.165, 1.54) is 12.1 Å². The summed E-state index contributed by atoms with van der Waals surface area (Å²) in [5, 5.41) is 2.64.